The Morgan fingerprint density at radius 3 is 2.70 bits per heavy atom. The minimum Gasteiger partial charge on any atom is -0.493 e. The molecule has 9 heteroatoms. The molecule has 2 aromatic carbocycles. The van der Waals surface area contributed by atoms with E-state index in [2.05, 4.69) is 5.32 Å². The van der Waals surface area contributed by atoms with Crippen molar-refractivity contribution in [2.45, 2.75) is 31.3 Å². The standard InChI is InChI=1S/C24H22F2N2O4S/c1-2-7-31-17-10-19(25)18(20(26)11-17)13-28-21-6-5-15(9-22(21)33-14-23(28)29)24(30)27-12-16-4-3-8-32-16/h3-6,8-11H,2,7,12-14H2,1H3,(H,27,30). The molecule has 1 aromatic heterocycles. The van der Waals surface area contributed by atoms with Crippen LogP contribution >= 0.6 is 11.8 Å². The molecule has 1 aliphatic heterocycles. The van der Waals surface area contributed by atoms with Crippen LogP contribution in [0, 0.1) is 11.6 Å². The van der Waals surface area contributed by atoms with Crippen molar-refractivity contribution in [1.82, 2.24) is 5.32 Å². The minimum absolute atomic E-state index is 0.103. The number of nitrogens with one attached hydrogen (secondary N) is 1. The molecular formula is C24H22F2N2O4S. The van der Waals surface area contributed by atoms with Crippen LogP contribution in [0.15, 0.2) is 58.0 Å². The summed E-state index contributed by atoms with van der Waals surface area (Å²) in [5, 5.41) is 2.77. The number of carbonyl (C=O) groups excluding carboxylic acids is 2. The lowest BCUT2D eigenvalue weighted by atomic mass is 10.1. The highest BCUT2D eigenvalue weighted by atomic mass is 32.2. The number of thioether (sulfide) groups is 1. The second-order valence-corrected chi connectivity index (χ2v) is 8.44. The van der Waals surface area contributed by atoms with Gasteiger partial charge < -0.3 is 19.4 Å². The summed E-state index contributed by atoms with van der Waals surface area (Å²) in [6, 6.07) is 10.6. The molecule has 4 rings (SSSR count). The highest BCUT2D eigenvalue weighted by Crippen LogP contribution is 2.37. The van der Waals surface area contributed by atoms with Gasteiger partial charge in [0.15, 0.2) is 0 Å². The van der Waals surface area contributed by atoms with Gasteiger partial charge >= 0.3 is 0 Å². The van der Waals surface area contributed by atoms with Gasteiger partial charge in [0.05, 0.1) is 37.4 Å². The Kier molecular flexibility index (Phi) is 6.98. The van der Waals surface area contributed by atoms with Crippen LogP contribution in [0.3, 0.4) is 0 Å². The van der Waals surface area contributed by atoms with E-state index in [9.17, 15) is 18.4 Å². The Labute approximate surface area is 193 Å². The van der Waals surface area contributed by atoms with Crippen molar-refractivity contribution >= 4 is 29.3 Å². The van der Waals surface area contributed by atoms with Gasteiger partial charge in [0, 0.05) is 28.2 Å². The number of hydrogen-bond acceptors (Lipinski definition) is 5. The zero-order chi connectivity index (χ0) is 23.4. The summed E-state index contributed by atoms with van der Waals surface area (Å²) in [4.78, 5) is 27.1. The molecular weight excluding hydrogens is 450 g/mol. The average molecular weight is 473 g/mol. The maximum atomic E-state index is 14.6. The number of nitrogens with zero attached hydrogens (tertiary/aromatic N) is 1. The van der Waals surface area contributed by atoms with Crippen molar-refractivity contribution in [2.24, 2.45) is 0 Å². The number of carbonyl (C=O) groups is 2. The first-order chi connectivity index (χ1) is 16.0. The van der Waals surface area contributed by atoms with Crippen molar-refractivity contribution in [3.8, 4) is 5.75 Å². The average Bonchev–Trinajstić information content (AvgIpc) is 3.33. The molecule has 0 spiro atoms. The normalized spacial score (nSPS) is 13.1. The first-order valence-corrected chi connectivity index (χ1v) is 11.4. The van der Waals surface area contributed by atoms with Gasteiger partial charge in [0.1, 0.15) is 23.1 Å². The van der Waals surface area contributed by atoms with E-state index in [1.54, 1.807) is 30.3 Å². The summed E-state index contributed by atoms with van der Waals surface area (Å²) in [5.41, 5.74) is 0.700. The van der Waals surface area contributed by atoms with E-state index < -0.39 is 11.6 Å². The molecule has 0 fully saturated rings. The monoisotopic (exact) mass is 472 g/mol. The molecule has 0 radical (unpaired) electrons. The fourth-order valence-electron chi connectivity index (χ4n) is 3.39. The highest BCUT2D eigenvalue weighted by Gasteiger charge is 2.28. The van der Waals surface area contributed by atoms with Crippen molar-refractivity contribution in [3.05, 3.63) is 77.2 Å². The SMILES string of the molecule is CCCOc1cc(F)c(CN2C(=O)CSc3cc(C(=O)NCc4ccco4)ccc32)c(F)c1. The summed E-state index contributed by atoms with van der Waals surface area (Å²) >= 11 is 1.28. The van der Waals surface area contributed by atoms with Gasteiger partial charge in [-0.3, -0.25) is 9.59 Å². The summed E-state index contributed by atoms with van der Waals surface area (Å²) in [6.07, 6.45) is 2.24. The lowest BCUT2D eigenvalue weighted by Gasteiger charge is -2.29. The Morgan fingerprint density at radius 1 is 1.21 bits per heavy atom. The van der Waals surface area contributed by atoms with Crippen LogP contribution in [-0.4, -0.2) is 24.2 Å². The van der Waals surface area contributed by atoms with Crippen LogP contribution in [-0.2, 0) is 17.9 Å². The van der Waals surface area contributed by atoms with Crippen LogP contribution in [0.25, 0.3) is 0 Å². The fraction of sp³-hybridized carbons (Fsp3) is 0.250. The van der Waals surface area contributed by atoms with Gasteiger partial charge in [0.2, 0.25) is 5.91 Å². The number of halogens is 2. The first-order valence-electron chi connectivity index (χ1n) is 10.4. The summed E-state index contributed by atoms with van der Waals surface area (Å²) in [7, 11) is 0. The van der Waals surface area contributed by atoms with Gasteiger partial charge in [-0.25, -0.2) is 8.78 Å². The quantitative estimate of drug-likeness (QED) is 0.504. The lowest BCUT2D eigenvalue weighted by molar-refractivity contribution is -0.116. The largest absolute Gasteiger partial charge is 0.493 e. The molecule has 33 heavy (non-hydrogen) atoms. The molecule has 3 aromatic rings. The van der Waals surface area contributed by atoms with Crippen molar-refractivity contribution in [2.75, 3.05) is 17.3 Å². The number of rotatable bonds is 8. The Hall–Kier alpha value is -3.33. The molecule has 1 aliphatic rings. The molecule has 1 N–H and O–H groups in total. The third-order valence-electron chi connectivity index (χ3n) is 5.07. The summed E-state index contributed by atoms with van der Waals surface area (Å²) in [5.74, 6) is -1.27. The highest BCUT2D eigenvalue weighted by molar-refractivity contribution is 8.00. The van der Waals surface area contributed by atoms with E-state index in [-0.39, 0.29) is 42.0 Å². The van der Waals surface area contributed by atoms with Crippen LogP contribution in [0.4, 0.5) is 14.5 Å². The predicted molar refractivity (Wildman–Crippen MR) is 120 cm³/mol. The summed E-state index contributed by atoms with van der Waals surface area (Å²) < 4.78 is 39.8. The van der Waals surface area contributed by atoms with Gasteiger partial charge in [-0.15, -0.1) is 11.8 Å². The number of amides is 2. The molecule has 0 aliphatic carbocycles. The topological polar surface area (TPSA) is 71.8 Å². The van der Waals surface area contributed by atoms with Crippen LogP contribution < -0.4 is 15.0 Å². The van der Waals surface area contributed by atoms with Gasteiger partial charge in [-0.2, -0.15) is 0 Å². The number of ether oxygens (including phenoxy) is 1. The second kappa shape index (κ2) is 10.1. The lowest BCUT2D eigenvalue weighted by Crippen LogP contribution is -2.35. The van der Waals surface area contributed by atoms with E-state index in [4.69, 9.17) is 9.15 Å². The maximum Gasteiger partial charge on any atom is 0.251 e. The first kappa shape index (κ1) is 22.8. The number of hydrogen-bond donors (Lipinski definition) is 1. The van der Waals surface area contributed by atoms with E-state index in [0.29, 0.717) is 34.9 Å². The van der Waals surface area contributed by atoms with E-state index in [1.807, 2.05) is 6.92 Å². The third kappa shape index (κ3) is 5.19. The minimum atomic E-state index is -0.775. The number of anilines is 1. The Balaban J connectivity index is 1.53. The van der Waals surface area contributed by atoms with E-state index >= 15 is 0 Å². The molecule has 172 valence electrons. The summed E-state index contributed by atoms with van der Waals surface area (Å²) in [6.45, 7) is 2.23. The van der Waals surface area contributed by atoms with Gasteiger partial charge in [0.25, 0.3) is 5.91 Å². The van der Waals surface area contributed by atoms with Crippen molar-refractivity contribution in [1.29, 1.82) is 0 Å². The van der Waals surface area contributed by atoms with E-state index in [1.165, 1.54) is 22.9 Å². The van der Waals surface area contributed by atoms with Crippen LogP contribution in [0.1, 0.15) is 35.0 Å². The molecule has 0 bridgehead atoms. The number of fused-ring (bicyclic) bond motifs is 1. The fourth-order valence-corrected chi connectivity index (χ4v) is 4.37. The van der Waals surface area contributed by atoms with Crippen molar-refractivity contribution < 1.29 is 27.5 Å². The Morgan fingerprint density at radius 2 is 2.00 bits per heavy atom. The molecule has 6 nitrogen and oxygen atoms in total. The van der Waals surface area contributed by atoms with E-state index in [0.717, 1.165) is 12.1 Å². The third-order valence-corrected chi connectivity index (χ3v) is 6.10. The Bertz CT molecular complexity index is 1140. The zero-order valence-electron chi connectivity index (χ0n) is 17.9. The molecule has 0 saturated heterocycles. The van der Waals surface area contributed by atoms with Crippen molar-refractivity contribution in [3.63, 3.8) is 0 Å². The molecule has 2 amide bonds. The number of furan rings is 1. The van der Waals surface area contributed by atoms with Crippen LogP contribution in [0.2, 0.25) is 0 Å². The van der Waals surface area contributed by atoms with Crippen LogP contribution in [0.5, 0.6) is 5.75 Å². The molecule has 0 unspecified atom stereocenters. The maximum absolute atomic E-state index is 14.6. The van der Waals surface area contributed by atoms with Gasteiger partial charge in [-0.05, 0) is 36.8 Å². The smallest absolute Gasteiger partial charge is 0.251 e. The predicted octanol–water partition coefficient (Wildman–Crippen LogP) is 4.92. The van der Waals surface area contributed by atoms with Gasteiger partial charge in [-0.1, -0.05) is 6.92 Å². The molecule has 2 heterocycles. The number of benzene rings is 2. The molecule has 0 saturated carbocycles. The molecule has 0 atom stereocenters. The second-order valence-electron chi connectivity index (χ2n) is 7.43. The zero-order valence-corrected chi connectivity index (χ0v) is 18.7.